The second-order valence-electron chi connectivity index (χ2n) is 3.63. The van der Waals surface area contributed by atoms with Gasteiger partial charge in [-0.2, -0.15) is 0 Å². The van der Waals surface area contributed by atoms with Gasteiger partial charge in [-0.3, -0.25) is 0 Å². The van der Waals surface area contributed by atoms with Gasteiger partial charge in [0, 0.05) is 37.7 Å². The van der Waals surface area contributed by atoms with Crippen LogP contribution in [0.5, 0.6) is 0 Å². The van der Waals surface area contributed by atoms with E-state index in [4.69, 9.17) is 10.6 Å². The van der Waals surface area contributed by atoms with Crippen LogP contribution in [-0.4, -0.2) is 42.8 Å². The average Bonchev–Trinajstić information content (AvgIpc) is 2.47. The van der Waals surface area contributed by atoms with E-state index in [1.807, 2.05) is 0 Å². The van der Waals surface area contributed by atoms with Crippen molar-refractivity contribution in [3.63, 3.8) is 0 Å². The van der Waals surface area contributed by atoms with E-state index in [2.05, 4.69) is 21.8 Å². The van der Waals surface area contributed by atoms with Crippen molar-refractivity contribution in [2.45, 2.75) is 6.92 Å². The second kappa shape index (κ2) is 5.07. The fourth-order valence-electron chi connectivity index (χ4n) is 1.79. The monoisotopic (exact) mass is 184 g/mol. The molecule has 0 spiro atoms. The van der Waals surface area contributed by atoms with Crippen molar-refractivity contribution in [1.82, 2.24) is 4.90 Å². The maximum Gasteiger partial charge on any atom is 0.0474 e. The first kappa shape index (κ1) is 10.3. The molecule has 1 rings (SSSR count). The molecule has 0 amide bonds. The highest BCUT2D eigenvalue weighted by Crippen LogP contribution is 2.21. The zero-order valence-corrected chi connectivity index (χ0v) is 7.93. The van der Waals surface area contributed by atoms with Crippen molar-refractivity contribution in [1.29, 1.82) is 0 Å². The molecule has 2 atom stereocenters. The van der Waals surface area contributed by atoms with E-state index >= 15 is 0 Å². The van der Waals surface area contributed by atoms with Gasteiger partial charge in [0.05, 0.1) is 0 Å². The average molecular weight is 184 g/mol. The molecule has 1 heterocycles. The number of likely N-dealkylation sites (tertiary alicyclic amines) is 1. The maximum atomic E-state index is 9.02. The molecule has 13 heavy (non-hydrogen) atoms. The Morgan fingerprint density at radius 2 is 2.38 bits per heavy atom. The summed E-state index contributed by atoms with van der Waals surface area (Å²) in [5, 5.41) is 12.5. The topological polar surface area (TPSA) is 72.2 Å². The van der Waals surface area contributed by atoms with Gasteiger partial charge >= 0.3 is 0 Å². The lowest BCUT2D eigenvalue weighted by Gasteiger charge is -2.12. The highest BCUT2D eigenvalue weighted by Gasteiger charge is 2.27. The van der Waals surface area contributed by atoms with Gasteiger partial charge in [0.15, 0.2) is 0 Å². The number of nitrogens with zero attached hydrogens (tertiary/aromatic N) is 4. The molecule has 5 nitrogen and oxygen atoms in total. The summed E-state index contributed by atoms with van der Waals surface area (Å²) in [7, 11) is 0. The van der Waals surface area contributed by atoms with Crippen LogP contribution in [0, 0.1) is 11.8 Å². The Labute approximate surface area is 78.0 Å². The highest BCUT2D eigenvalue weighted by molar-refractivity contribution is 4.80. The number of hydrogen-bond acceptors (Lipinski definition) is 3. The molecule has 0 aromatic rings. The fraction of sp³-hybridized carbons (Fsp3) is 1.00. The predicted molar refractivity (Wildman–Crippen MR) is 50.2 cm³/mol. The van der Waals surface area contributed by atoms with Gasteiger partial charge in [0.25, 0.3) is 0 Å². The molecule has 0 aromatic heterocycles. The molecular weight excluding hydrogens is 168 g/mol. The van der Waals surface area contributed by atoms with E-state index in [-0.39, 0.29) is 6.61 Å². The fourth-order valence-corrected chi connectivity index (χ4v) is 1.79. The Bertz CT molecular complexity index is 202. The zero-order valence-electron chi connectivity index (χ0n) is 7.93. The molecule has 0 aliphatic carbocycles. The quantitative estimate of drug-likeness (QED) is 0.400. The van der Waals surface area contributed by atoms with E-state index in [1.165, 1.54) is 0 Å². The van der Waals surface area contributed by atoms with Gasteiger partial charge < -0.3 is 10.0 Å². The number of azide groups is 1. The van der Waals surface area contributed by atoms with Crippen molar-refractivity contribution in [3.05, 3.63) is 10.4 Å². The van der Waals surface area contributed by atoms with Gasteiger partial charge in [-0.25, -0.2) is 0 Å². The second-order valence-corrected chi connectivity index (χ2v) is 3.63. The Morgan fingerprint density at radius 3 is 2.92 bits per heavy atom. The minimum Gasteiger partial charge on any atom is -0.396 e. The summed E-state index contributed by atoms with van der Waals surface area (Å²) in [5.74, 6) is 0.946. The first-order chi connectivity index (χ1) is 6.27. The first-order valence-electron chi connectivity index (χ1n) is 4.62. The molecule has 74 valence electrons. The van der Waals surface area contributed by atoms with Crippen LogP contribution in [0.3, 0.4) is 0 Å². The lowest BCUT2D eigenvalue weighted by Crippen LogP contribution is -2.24. The number of aliphatic hydroxyl groups excluding tert-OH is 1. The summed E-state index contributed by atoms with van der Waals surface area (Å²) >= 11 is 0. The molecule has 1 fully saturated rings. The molecule has 0 saturated carbocycles. The van der Waals surface area contributed by atoms with Crippen molar-refractivity contribution in [2.24, 2.45) is 17.0 Å². The Morgan fingerprint density at radius 1 is 1.62 bits per heavy atom. The standard InChI is InChI=1S/C8H16N4O/c1-7-4-12(3-2-10-11-9)5-8(7)6-13/h7-8,13H,2-6H2,1H3/t7-,8-/m0/s1. The molecule has 1 N–H and O–H groups in total. The third-order valence-corrected chi connectivity index (χ3v) is 2.66. The largest absolute Gasteiger partial charge is 0.396 e. The lowest BCUT2D eigenvalue weighted by atomic mass is 10.00. The molecule has 0 aromatic carbocycles. The summed E-state index contributed by atoms with van der Waals surface area (Å²) in [6.07, 6.45) is 0. The van der Waals surface area contributed by atoms with Crippen LogP contribution < -0.4 is 0 Å². The van der Waals surface area contributed by atoms with E-state index in [1.54, 1.807) is 0 Å². The van der Waals surface area contributed by atoms with Crippen molar-refractivity contribution in [3.8, 4) is 0 Å². The highest BCUT2D eigenvalue weighted by atomic mass is 16.3. The van der Waals surface area contributed by atoms with E-state index < -0.39 is 0 Å². The van der Waals surface area contributed by atoms with Crippen LogP contribution >= 0.6 is 0 Å². The third kappa shape index (κ3) is 2.88. The van der Waals surface area contributed by atoms with E-state index in [0.29, 0.717) is 18.4 Å². The van der Waals surface area contributed by atoms with Crippen molar-refractivity contribution < 1.29 is 5.11 Å². The number of hydrogen-bond donors (Lipinski definition) is 1. The number of aliphatic hydroxyl groups is 1. The van der Waals surface area contributed by atoms with Crippen LogP contribution in [0.2, 0.25) is 0 Å². The van der Waals surface area contributed by atoms with E-state index in [0.717, 1.165) is 19.6 Å². The van der Waals surface area contributed by atoms with Gasteiger partial charge in [-0.15, -0.1) is 0 Å². The van der Waals surface area contributed by atoms with Crippen LogP contribution in [0.4, 0.5) is 0 Å². The van der Waals surface area contributed by atoms with Crippen LogP contribution in [0.25, 0.3) is 10.4 Å². The van der Waals surface area contributed by atoms with Crippen molar-refractivity contribution in [2.75, 3.05) is 32.8 Å². The summed E-state index contributed by atoms with van der Waals surface area (Å²) in [6, 6.07) is 0. The molecule has 0 radical (unpaired) electrons. The van der Waals surface area contributed by atoms with Gasteiger partial charge in [0.2, 0.25) is 0 Å². The molecule has 5 heteroatoms. The normalized spacial score (nSPS) is 28.8. The third-order valence-electron chi connectivity index (χ3n) is 2.66. The Hall–Kier alpha value is -0.770. The van der Waals surface area contributed by atoms with Crippen molar-refractivity contribution >= 4 is 0 Å². The number of rotatable bonds is 4. The van der Waals surface area contributed by atoms with Gasteiger partial charge in [-0.1, -0.05) is 12.0 Å². The Balaban J connectivity index is 2.27. The zero-order chi connectivity index (χ0) is 9.68. The molecule has 1 aliphatic rings. The van der Waals surface area contributed by atoms with Crippen LogP contribution in [0.1, 0.15) is 6.92 Å². The minimum absolute atomic E-state index is 0.263. The smallest absolute Gasteiger partial charge is 0.0474 e. The van der Waals surface area contributed by atoms with Crippen LogP contribution in [0.15, 0.2) is 5.11 Å². The summed E-state index contributed by atoms with van der Waals surface area (Å²) in [5.41, 5.74) is 8.09. The van der Waals surface area contributed by atoms with Gasteiger partial charge in [0.1, 0.15) is 0 Å². The Kier molecular flexibility index (Phi) is 4.02. The summed E-state index contributed by atoms with van der Waals surface area (Å²) in [6.45, 7) is 5.69. The summed E-state index contributed by atoms with van der Waals surface area (Å²) < 4.78 is 0. The predicted octanol–water partition coefficient (Wildman–Crippen LogP) is 0.857. The molecular formula is C8H16N4O. The molecule has 1 aliphatic heterocycles. The summed E-state index contributed by atoms with van der Waals surface area (Å²) in [4.78, 5) is 4.94. The SMILES string of the molecule is C[C@H]1CN(CCN=[N+]=[N-])C[C@H]1CO. The van der Waals surface area contributed by atoms with Gasteiger partial charge in [-0.05, 0) is 17.4 Å². The molecule has 0 unspecified atom stereocenters. The molecule has 0 bridgehead atoms. The lowest BCUT2D eigenvalue weighted by molar-refractivity contribution is 0.206. The van der Waals surface area contributed by atoms with E-state index in [9.17, 15) is 0 Å². The minimum atomic E-state index is 0.263. The molecule has 1 saturated heterocycles. The van der Waals surface area contributed by atoms with Crippen LogP contribution in [-0.2, 0) is 0 Å². The maximum absolute atomic E-state index is 9.02. The first-order valence-corrected chi connectivity index (χ1v) is 4.62.